The summed E-state index contributed by atoms with van der Waals surface area (Å²) in [6.07, 6.45) is 6.76. The second-order valence-corrected chi connectivity index (χ2v) is 5.98. The summed E-state index contributed by atoms with van der Waals surface area (Å²) in [6.45, 7) is 0.848. The fourth-order valence-electron chi connectivity index (χ4n) is 2.84. The van der Waals surface area contributed by atoms with Crippen LogP contribution in [0.25, 0.3) is 0 Å². The topological polar surface area (TPSA) is 68.7 Å². The van der Waals surface area contributed by atoms with Gasteiger partial charge >= 0.3 is 5.97 Å². The molecule has 3 rings (SSSR count). The van der Waals surface area contributed by atoms with Crippen LogP contribution >= 0.6 is 0 Å². The van der Waals surface area contributed by atoms with Gasteiger partial charge in [-0.2, -0.15) is 0 Å². The van der Waals surface area contributed by atoms with Crippen LogP contribution in [0.5, 0.6) is 5.88 Å². The molecule has 1 aromatic heterocycles. The number of methoxy groups -OCH3 is 1. The molecule has 0 aliphatic heterocycles. The van der Waals surface area contributed by atoms with Crippen LogP contribution in [0.4, 0.5) is 0 Å². The monoisotopic (exact) mass is 291 g/mol. The van der Waals surface area contributed by atoms with E-state index in [4.69, 9.17) is 9.47 Å². The maximum Gasteiger partial charge on any atom is 0.314 e. The lowest BCUT2D eigenvalue weighted by Crippen LogP contribution is -2.22. The predicted octanol–water partition coefficient (Wildman–Crippen LogP) is 2.49. The van der Waals surface area contributed by atoms with Crippen LogP contribution in [0.2, 0.25) is 0 Å². The number of ether oxygens (including phenoxy) is 2. The molecular formula is C16H21NO4. The van der Waals surface area contributed by atoms with Gasteiger partial charge in [0.1, 0.15) is 6.61 Å². The molecule has 0 aromatic carbocycles. The first-order chi connectivity index (χ1) is 10.2. The molecule has 2 saturated carbocycles. The van der Waals surface area contributed by atoms with E-state index >= 15 is 0 Å². The number of hydrogen-bond acceptors (Lipinski definition) is 4. The zero-order chi connectivity index (χ0) is 14.9. The molecule has 1 aromatic rings. The van der Waals surface area contributed by atoms with Gasteiger partial charge in [-0.15, -0.1) is 0 Å². The van der Waals surface area contributed by atoms with Crippen molar-refractivity contribution in [1.82, 2.24) is 4.98 Å². The highest BCUT2D eigenvalue weighted by molar-refractivity contribution is 5.85. The predicted molar refractivity (Wildman–Crippen MR) is 76.7 cm³/mol. The zero-order valence-electron chi connectivity index (χ0n) is 12.3. The molecule has 2 fully saturated rings. The van der Waals surface area contributed by atoms with Crippen LogP contribution in [-0.4, -0.2) is 36.4 Å². The number of aromatic nitrogens is 1. The number of carbonyl (C=O) groups is 1. The van der Waals surface area contributed by atoms with Gasteiger partial charge in [0.25, 0.3) is 0 Å². The molecule has 1 heterocycles. The number of rotatable bonds is 7. The van der Waals surface area contributed by atoms with E-state index in [2.05, 4.69) is 4.98 Å². The van der Waals surface area contributed by atoms with E-state index in [0.29, 0.717) is 37.9 Å². The largest absolute Gasteiger partial charge is 0.481 e. The first-order valence-corrected chi connectivity index (χ1v) is 7.53. The van der Waals surface area contributed by atoms with E-state index in [9.17, 15) is 9.90 Å². The number of aliphatic carboxylic acids is 1. The molecule has 5 nitrogen and oxygen atoms in total. The van der Waals surface area contributed by atoms with E-state index in [1.807, 2.05) is 12.3 Å². The molecule has 114 valence electrons. The van der Waals surface area contributed by atoms with Crippen LogP contribution < -0.4 is 4.74 Å². The van der Waals surface area contributed by atoms with Crippen LogP contribution in [-0.2, 0) is 14.9 Å². The molecule has 0 bridgehead atoms. The van der Waals surface area contributed by atoms with E-state index in [-0.39, 0.29) is 0 Å². The first-order valence-electron chi connectivity index (χ1n) is 7.53. The number of hydrogen-bond donors (Lipinski definition) is 1. The average Bonchev–Trinajstić information content (AvgIpc) is 3.20. The van der Waals surface area contributed by atoms with Crippen LogP contribution in [0.1, 0.15) is 49.1 Å². The minimum Gasteiger partial charge on any atom is -0.481 e. The standard InChI is InChI=1S/C16H21NO4/c1-20-7-8-21-14-13(16(5-6-16)15(18)19)9-12(10-17-14)11-3-2-4-11/h9-11H,2-8H2,1H3,(H,18,19). The Bertz CT molecular complexity index is 535. The number of carboxylic acids is 1. The van der Waals surface area contributed by atoms with Crippen molar-refractivity contribution in [2.24, 2.45) is 0 Å². The van der Waals surface area contributed by atoms with Crippen molar-refractivity contribution in [2.75, 3.05) is 20.3 Å². The summed E-state index contributed by atoms with van der Waals surface area (Å²) in [5.74, 6) is 0.218. The molecule has 21 heavy (non-hydrogen) atoms. The summed E-state index contributed by atoms with van der Waals surface area (Å²) < 4.78 is 10.6. The lowest BCUT2D eigenvalue weighted by Gasteiger charge is -2.27. The third kappa shape index (κ3) is 2.62. The highest BCUT2D eigenvalue weighted by Crippen LogP contribution is 2.52. The van der Waals surface area contributed by atoms with E-state index < -0.39 is 11.4 Å². The summed E-state index contributed by atoms with van der Waals surface area (Å²) in [4.78, 5) is 16.0. The Morgan fingerprint density at radius 3 is 2.71 bits per heavy atom. The Kier molecular flexibility index (Phi) is 3.85. The Hall–Kier alpha value is -1.62. The molecule has 0 spiro atoms. The molecule has 0 amide bonds. The molecule has 2 aliphatic rings. The molecule has 1 N–H and O–H groups in total. The summed E-state index contributed by atoms with van der Waals surface area (Å²) in [5, 5.41) is 9.55. The number of carboxylic acid groups (broad SMARTS) is 1. The smallest absolute Gasteiger partial charge is 0.314 e. The van der Waals surface area contributed by atoms with Crippen LogP contribution in [0.3, 0.4) is 0 Å². The molecular weight excluding hydrogens is 270 g/mol. The fraction of sp³-hybridized carbons (Fsp3) is 0.625. The second-order valence-electron chi connectivity index (χ2n) is 5.98. The van der Waals surface area contributed by atoms with Crippen LogP contribution in [0.15, 0.2) is 12.3 Å². The van der Waals surface area contributed by atoms with Crippen molar-refractivity contribution in [3.05, 3.63) is 23.4 Å². The summed E-state index contributed by atoms with van der Waals surface area (Å²) in [5.41, 5.74) is 1.12. The van der Waals surface area contributed by atoms with Gasteiger partial charge in [-0.25, -0.2) is 4.98 Å². The van der Waals surface area contributed by atoms with Gasteiger partial charge in [-0.05, 0) is 43.2 Å². The maximum absolute atomic E-state index is 11.6. The first kappa shape index (κ1) is 14.3. The minimum absolute atomic E-state index is 0.384. The van der Waals surface area contributed by atoms with Gasteiger partial charge in [-0.1, -0.05) is 6.42 Å². The highest BCUT2D eigenvalue weighted by Gasteiger charge is 2.54. The SMILES string of the molecule is COCCOc1ncc(C2CCC2)cc1C1(C(=O)O)CC1. The van der Waals surface area contributed by atoms with Crippen molar-refractivity contribution in [3.8, 4) is 5.88 Å². The lowest BCUT2D eigenvalue weighted by atomic mass is 9.79. The number of pyridine rings is 1. The third-order valence-corrected chi connectivity index (χ3v) is 4.65. The van der Waals surface area contributed by atoms with E-state index in [1.54, 1.807) is 7.11 Å². The summed E-state index contributed by atoms with van der Waals surface area (Å²) in [7, 11) is 1.61. The Morgan fingerprint density at radius 2 is 2.19 bits per heavy atom. The quantitative estimate of drug-likeness (QED) is 0.782. The Balaban J connectivity index is 1.89. The molecule has 0 unspecified atom stereocenters. The van der Waals surface area contributed by atoms with Crippen molar-refractivity contribution >= 4 is 5.97 Å². The highest BCUT2D eigenvalue weighted by atomic mass is 16.5. The van der Waals surface area contributed by atoms with Crippen molar-refractivity contribution in [2.45, 2.75) is 43.4 Å². The maximum atomic E-state index is 11.6. The molecule has 0 saturated heterocycles. The van der Waals surface area contributed by atoms with Gasteiger partial charge in [-0.3, -0.25) is 4.79 Å². The summed E-state index contributed by atoms with van der Waals surface area (Å²) >= 11 is 0. The van der Waals surface area contributed by atoms with Gasteiger partial charge < -0.3 is 14.6 Å². The van der Waals surface area contributed by atoms with Crippen molar-refractivity contribution < 1.29 is 19.4 Å². The van der Waals surface area contributed by atoms with E-state index in [1.165, 1.54) is 19.3 Å². The molecule has 0 atom stereocenters. The summed E-state index contributed by atoms with van der Waals surface area (Å²) in [6, 6.07) is 2.01. The van der Waals surface area contributed by atoms with Gasteiger partial charge in [0, 0.05) is 18.9 Å². The zero-order valence-corrected chi connectivity index (χ0v) is 12.3. The Morgan fingerprint density at radius 1 is 1.43 bits per heavy atom. The van der Waals surface area contributed by atoms with Gasteiger partial charge in [0.2, 0.25) is 5.88 Å². The molecule has 5 heteroatoms. The Labute approximate surface area is 124 Å². The van der Waals surface area contributed by atoms with Gasteiger partial charge in [0.15, 0.2) is 0 Å². The molecule has 0 radical (unpaired) electrons. The third-order valence-electron chi connectivity index (χ3n) is 4.65. The fourth-order valence-corrected chi connectivity index (χ4v) is 2.84. The van der Waals surface area contributed by atoms with Crippen molar-refractivity contribution in [3.63, 3.8) is 0 Å². The molecule has 2 aliphatic carbocycles. The average molecular weight is 291 g/mol. The number of nitrogens with zero attached hydrogens (tertiary/aromatic N) is 1. The van der Waals surface area contributed by atoms with E-state index in [0.717, 1.165) is 11.1 Å². The van der Waals surface area contributed by atoms with Gasteiger partial charge in [0.05, 0.1) is 12.0 Å². The normalized spacial score (nSPS) is 19.9. The lowest BCUT2D eigenvalue weighted by molar-refractivity contribution is -0.140. The van der Waals surface area contributed by atoms with Crippen LogP contribution in [0, 0.1) is 0 Å². The van der Waals surface area contributed by atoms with Crippen molar-refractivity contribution in [1.29, 1.82) is 0 Å². The second kappa shape index (κ2) is 5.64. The minimum atomic E-state index is -0.783.